The van der Waals surface area contributed by atoms with Gasteiger partial charge in [0.05, 0.1) is 6.10 Å². The number of carbonyl (C=O) groups excluding carboxylic acids is 1. The van der Waals surface area contributed by atoms with Gasteiger partial charge in [-0.15, -0.1) is 5.92 Å². The lowest BCUT2D eigenvalue weighted by molar-refractivity contribution is -0.135. The first-order valence-corrected chi connectivity index (χ1v) is 12.6. The Morgan fingerprint density at radius 3 is 2.74 bits per heavy atom. The van der Waals surface area contributed by atoms with Gasteiger partial charge in [-0.25, -0.2) is 4.99 Å². The number of rotatable bonds is 4. The van der Waals surface area contributed by atoms with E-state index in [0.29, 0.717) is 11.9 Å². The van der Waals surface area contributed by atoms with E-state index in [4.69, 9.17) is 15.5 Å². The van der Waals surface area contributed by atoms with Crippen LogP contribution >= 0.6 is 0 Å². The average molecular weight is 471 g/mol. The lowest BCUT2D eigenvalue weighted by Gasteiger charge is -2.38. The summed E-state index contributed by atoms with van der Waals surface area (Å²) in [7, 11) is 1.79. The van der Waals surface area contributed by atoms with Gasteiger partial charge in [0.25, 0.3) is 5.91 Å². The van der Waals surface area contributed by atoms with Crippen LogP contribution in [0.4, 0.5) is 0 Å². The molecule has 4 unspecified atom stereocenters. The number of methoxy groups -OCH3 is 1. The van der Waals surface area contributed by atoms with Gasteiger partial charge in [-0.2, -0.15) is 0 Å². The number of amides is 1. The molecule has 5 rings (SSSR count). The van der Waals surface area contributed by atoms with Gasteiger partial charge < -0.3 is 10.5 Å². The molecule has 6 heteroatoms. The topological polar surface area (TPSA) is 80.8 Å². The molecule has 2 N–H and O–H groups in total. The largest absolute Gasteiger partial charge is 0.381 e. The molecule has 1 amide bonds. The number of aromatic nitrogens is 1. The summed E-state index contributed by atoms with van der Waals surface area (Å²) < 4.78 is 5.75. The SMILES string of the molecule is CC#Cc1cncc(-c2ccc3c(c2)C2(N=C(N)N(C(C)C)C2=O)C(C2CCCC(OC)C2)C3)c1. The van der Waals surface area contributed by atoms with Gasteiger partial charge in [0.1, 0.15) is 0 Å². The highest BCUT2D eigenvalue weighted by Crippen LogP contribution is 2.54. The van der Waals surface area contributed by atoms with Crippen LogP contribution in [0.3, 0.4) is 0 Å². The van der Waals surface area contributed by atoms with Gasteiger partial charge in [0, 0.05) is 42.6 Å². The summed E-state index contributed by atoms with van der Waals surface area (Å²) in [6.45, 7) is 5.81. The molecule has 1 aromatic carbocycles. The number of guanidine groups is 1. The lowest BCUT2D eigenvalue weighted by Crippen LogP contribution is -2.49. The van der Waals surface area contributed by atoms with Gasteiger partial charge in [-0.05, 0) is 81.2 Å². The van der Waals surface area contributed by atoms with E-state index >= 15 is 0 Å². The number of fused-ring (bicyclic) bond motifs is 2. The van der Waals surface area contributed by atoms with Crippen LogP contribution in [0.15, 0.2) is 41.7 Å². The summed E-state index contributed by atoms with van der Waals surface area (Å²) in [4.78, 5) is 25.3. The van der Waals surface area contributed by atoms with Crippen molar-refractivity contribution in [3.63, 3.8) is 0 Å². The number of nitrogens with zero attached hydrogens (tertiary/aromatic N) is 3. The van der Waals surface area contributed by atoms with Crippen molar-refractivity contribution in [3.8, 4) is 23.0 Å². The van der Waals surface area contributed by atoms with Gasteiger partial charge >= 0.3 is 0 Å². The summed E-state index contributed by atoms with van der Waals surface area (Å²) in [5.41, 5.74) is 10.5. The second kappa shape index (κ2) is 9.13. The smallest absolute Gasteiger partial charge is 0.262 e. The Kier molecular flexibility index (Phi) is 6.14. The number of benzene rings is 1. The molecule has 1 saturated carbocycles. The highest BCUT2D eigenvalue weighted by atomic mass is 16.5. The van der Waals surface area contributed by atoms with Gasteiger partial charge in [-0.1, -0.05) is 24.5 Å². The van der Waals surface area contributed by atoms with E-state index in [-0.39, 0.29) is 24.0 Å². The molecule has 35 heavy (non-hydrogen) atoms. The standard InChI is InChI=1S/C29H34N4O2/c1-5-7-19-12-23(17-31-16-19)20-10-11-22-15-26(21-8-6-9-24(13-21)35-4)29(25(22)14-20)27(34)33(18(2)3)28(30)32-29/h10-12,14,16-18,21,24,26H,6,8-9,13,15H2,1-4H3,(H2,30,32). The van der Waals surface area contributed by atoms with E-state index in [0.717, 1.165) is 54.4 Å². The molecule has 2 aromatic rings. The minimum Gasteiger partial charge on any atom is -0.381 e. The number of hydrogen-bond acceptors (Lipinski definition) is 5. The summed E-state index contributed by atoms with van der Waals surface area (Å²) in [5.74, 6) is 6.78. The Morgan fingerprint density at radius 1 is 1.20 bits per heavy atom. The zero-order chi connectivity index (χ0) is 24.7. The maximum absolute atomic E-state index is 14.2. The summed E-state index contributed by atoms with van der Waals surface area (Å²) in [6.07, 6.45) is 8.89. The maximum atomic E-state index is 14.2. The minimum atomic E-state index is -0.978. The van der Waals surface area contributed by atoms with Crippen LogP contribution in [0.5, 0.6) is 0 Å². The van der Waals surface area contributed by atoms with Crippen molar-refractivity contribution in [1.82, 2.24) is 9.88 Å². The van der Waals surface area contributed by atoms with Crippen molar-refractivity contribution in [3.05, 3.63) is 53.3 Å². The first kappa shape index (κ1) is 23.6. The second-order valence-corrected chi connectivity index (χ2v) is 10.3. The molecule has 182 valence electrons. The number of ether oxygens (including phenoxy) is 1. The van der Waals surface area contributed by atoms with Crippen molar-refractivity contribution >= 4 is 11.9 Å². The van der Waals surface area contributed by atoms with Crippen LogP contribution in [0.2, 0.25) is 0 Å². The van der Waals surface area contributed by atoms with E-state index < -0.39 is 5.54 Å². The Hall–Kier alpha value is -3.17. The highest BCUT2D eigenvalue weighted by Gasteiger charge is 2.60. The molecule has 0 radical (unpaired) electrons. The van der Waals surface area contributed by atoms with Crippen molar-refractivity contribution in [2.45, 2.75) is 70.6 Å². The predicted molar refractivity (Wildman–Crippen MR) is 137 cm³/mol. The molecule has 1 aliphatic heterocycles. The fraction of sp³-hybridized carbons (Fsp3) is 0.483. The van der Waals surface area contributed by atoms with Crippen molar-refractivity contribution < 1.29 is 9.53 Å². The average Bonchev–Trinajstić information content (AvgIpc) is 3.32. The first-order chi connectivity index (χ1) is 16.9. The Balaban J connectivity index is 1.63. The van der Waals surface area contributed by atoms with Gasteiger partial charge in [-0.3, -0.25) is 14.7 Å². The molecule has 4 atom stereocenters. The predicted octanol–water partition coefficient (Wildman–Crippen LogP) is 4.26. The van der Waals surface area contributed by atoms with E-state index in [2.05, 4.69) is 35.0 Å². The third-order valence-corrected chi connectivity index (χ3v) is 8.01. The summed E-state index contributed by atoms with van der Waals surface area (Å²) in [6, 6.07) is 8.43. The third kappa shape index (κ3) is 3.83. The minimum absolute atomic E-state index is 0.00849. The Bertz CT molecular complexity index is 1240. The second-order valence-electron chi connectivity index (χ2n) is 10.3. The summed E-state index contributed by atoms with van der Waals surface area (Å²) >= 11 is 0. The van der Waals surface area contributed by atoms with Gasteiger partial charge in [0.15, 0.2) is 11.5 Å². The number of pyridine rings is 1. The van der Waals surface area contributed by atoms with E-state index in [1.54, 1.807) is 18.2 Å². The fourth-order valence-corrected chi connectivity index (χ4v) is 6.44. The van der Waals surface area contributed by atoms with Crippen molar-refractivity contribution in [2.24, 2.45) is 22.6 Å². The molecule has 2 heterocycles. The molecule has 1 fully saturated rings. The Labute approximate surface area is 208 Å². The molecule has 2 aliphatic carbocycles. The molecule has 0 bridgehead atoms. The molecule has 1 spiro atoms. The van der Waals surface area contributed by atoms with Gasteiger partial charge in [0.2, 0.25) is 0 Å². The number of carbonyl (C=O) groups is 1. The van der Waals surface area contributed by atoms with E-state index in [9.17, 15) is 4.79 Å². The van der Waals surface area contributed by atoms with Crippen molar-refractivity contribution in [2.75, 3.05) is 7.11 Å². The van der Waals surface area contributed by atoms with Crippen LogP contribution in [0.1, 0.15) is 63.1 Å². The number of hydrogen-bond donors (Lipinski definition) is 1. The molecular formula is C29H34N4O2. The van der Waals surface area contributed by atoms with E-state index in [1.807, 2.05) is 33.0 Å². The molecule has 3 aliphatic rings. The first-order valence-electron chi connectivity index (χ1n) is 12.6. The van der Waals surface area contributed by atoms with Crippen LogP contribution in [0, 0.1) is 23.7 Å². The lowest BCUT2D eigenvalue weighted by atomic mass is 9.69. The Morgan fingerprint density at radius 2 is 2.03 bits per heavy atom. The molecule has 1 aromatic heterocycles. The zero-order valence-corrected chi connectivity index (χ0v) is 21.0. The van der Waals surface area contributed by atoms with E-state index in [1.165, 1.54) is 5.56 Å². The highest BCUT2D eigenvalue weighted by molar-refractivity contribution is 6.08. The normalized spacial score (nSPS) is 27.7. The monoisotopic (exact) mass is 470 g/mol. The third-order valence-electron chi connectivity index (χ3n) is 8.01. The summed E-state index contributed by atoms with van der Waals surface area (Å²) in [5, 5.41) is 0. The number of nitrogens with two attached hydrogens (primary N) is 1. The van der Waals surface area contributed by atoms with Crippen LogP contribution in [-0.2, 0) is 21.5 Å². The maximum Gasteiger partial charge on any atom is 0.262 e. The molecule has 6 nitrogen and oxygen atoms in total. The van der Waals surface area contributed by atoms with Crippen LogP contribution in [0.25, 0.3) is 11.1 Å². The fourth-order valence-electron chi connectivity index (χ4n) is 6.44. The van der Waals surface area contributed by atoms with Crippen LogP contribution < -0.4 is 5.73 Å². The van der Waals surface area contributed by atoms with Crippen LogP contribution in [-0.4, -0.2) is 41.0 Å². The number of aliphatic imine (C=N–C) groups is 1. The zero-order valence-electron chi connectivity index (χ0n) is 21.0. The van der Waals surface area contributed by atoms with Crippen molar-refractivity contribution in [1.29, 1.82) is 0 Å². The molecule has 0 saturated heterocycles. The molecular weight excluding hydrogens is 436 g/mol. The quantitative estimate of drug-likeness (QED) is 0.677.